The second-order valence-corrected chi connectivity index (χ2v) is 5.39. The molecular formula is C15H22N6. The molecule has 0 amide bonds. The van der Waals surface area contributed by atoms with Crippen molar-refractivity contribution in [3.63, 3.8) is 0 Å². The summed E-state index contributed by atoms with van der Waals surface area (Å²) in [6.07, 6.45) is 2.39. The summed E-state index contributed by atoms with van der Waals surface area (Å²) >= 11 is 0. The first-order valence-electron chi connectivity index (χ1n) is 7.66. The predicted molar refractivity (Wildman–Crippen MR) is 81.1 cm³/mol. The molecular weight excluding hydrogens is 264 g/mol. The van der Waals surface area contributed by atoms with Gasteiger partial charge in [0.2, 0.25) is 0 Å². The fourth-order valence-electron chi connectivity index (χ4n) is 2.93. The van der Waals surface area contributed by atoms with Crippen LogP contribution in [0.1, 0.15) is 25.6 Å². The van der Waals surface area contributed by atoms with E-state index in [9.17, 15) is 0 Å². The molecule has 21 heavy (non-hydrogen) atoms. The van der Waals surface area contributed by atoms with Gasteiger partial charge in [0.15, 0.2) is 5.82 Å². The largest absolute Gasteiger partial charge is 0.317 e. The molecule has 0 unspecified atom stereocenters. The SMILES string of the molecule is CCN(Cc1nnnn1-c1ccccc1)C1CCNCC1. The van der Waals surface area contributed by atoms with Gasteiger partial charge < -0.3 is 5.32 Å². The van der Waals surface area contributed by atoms with E-state index in [1.165, 1.54) is 12.8 Å². The molecule has 3 rings (SSSR count). The van der Waals surface area contributed by atoms with Gasteiger partial charge in [0, 0.05) is 6.04 Å². The molecule has 2 aromatic rings. The Bertz CT molecular complexity index is 546. The van der Waals surface area contributed by atoms with Crippen LogP contribution >= 0.6 is 0 Å². The third-order valence-corrected chi connectivity index (χ3v) is 4.11. The van der Waals surface area contributed by atoms with Crippen molar-refractivity contribution in [2.45, 2.75) is 32.4 Å². The topological polar surface area (TPSA) is 58.9 Å². The number of nitrogens with zero attached hydrogens (tertiary/aromatic N) is 5. The quantitative estimate of drug-likeness (QED) is 0.896. The molecule has 1 aliphatic heterocycles. The fraction of sp³-hybridized carbons (Fsp3) is 0.533. The number of piperidine rings is 1. The van der Waals surface area contributed by atoms with E-state index >= 15 is 0 Å². The molecule has 6 nitrogen and oxygen atoms in total. The highest BCUT2D eigenvalue weighted by Gasteiger charge is 2.22. The maximum Gasteiger partial charge on any atom is 0.170 e. The highest BCUT2D eigenvalue weighted by atomic mass is 15.5. The van der Waals surface area contributed by atoms with Crippen molar-refractivity contribution >= 4 is 0 Å². The molecule has 0 bridgehead atoms. The minimum atomic E-state index is 0.622. The highest BCUT2D eigenvalue weighted by Crippen LogP contribution is 2.15. The van der Waals surface area contributed by atoms with Gasteiger partial charge in [-0.15, -0.1) is 5.10 Å². The summed E-state index contributed by atoms with van der Waals surface area (Å²) in [5, 5.41) is 15.6. The molecule has 1 aliphatic rings. The van der Waals surface area contributed by atoms with Gasteiger partial charge in [-0.25, -0.2) is 0 Å². The van der Waals surface area contributed by atoms with Crippen LogP contribution in [0, 0.1) is 0 Å². The van der Waals surface area contributed by atoms with Gasteiger partial charge in [-0.05, 0) is 55.0 Å². The average Bonchev–Trinajstić information content (AvgIpc) is 3.02. The number of hydrogen-bond donors (Lipinski definition) is 1. The summed E-state index contributed by atoms with van der Waals surface area (Å²) in [6, 6.07) is 10.7. The Morgan fingerprint density at radius 1 is 1.24 bits per heavy atom. The lowest BCUT2D eigenvalue weighted by atomic mass is 10.0. The fourth-order valence-corrected chi connectivity index (χ4v) is 2.93. The van der Waals surface area contributed by atoms with Crippen LogP contribution in [0.3, 0.4) is 0 Å². The third kappa shape index (κ3) is 3.28. The Labute approximate surface area is 125 Å². The molecule has 0 aliphatic carbocycles. The van der Waals surface area contributed by atoms with E-state index in [-0.39, 0.29) is 0 Å². The lowest BCUT2D eigenvalue weighted by Crippen LogP contribution is -2.43. The highest BCUT2D eigenvalue weighted by molar-refractivity contribution is 5.30. The first-order chi connectivity index (χ1) is 10.4. The maximum atomic E-state index is 4.22. The summed E-state index contributed by atoms with van der Waals surface area (Å²) in [4.78, 5) is 2.48. The van der Waals surface area contributed by atoms with E-state index in [2.05, 4.69) is 32.7 Å². The molecule has 0 atom stereocenters. The van der Waals surface area contributed by atoms with E-state index in [0.29, 0.717) is 6.04 Å². The summed E-state index contributed by atoms with van der Waals surface area (Å²) in [7, 11) is 0. The zero-order valence-corrected chi connectivity index (χ0v) is 12.4. The van der Waals surface area contributed by atoms with Crippen LogP contribution in [0.4, 0.5) is 0 Å². The van der Waals surface area contributed by atoms with E-state index in [4.69, 9.17) is 0 Å². The summed E-state index contributed by atoms with van der Waals surface area (Å²) < 4.78 is 1.84. The Morgan fingerprint density at radius 2 is 2.00 bits per heavy atom. The third-order valence-electron chi connectivity index (χ3n) is 4.11. The van der Waals surface area contributed by atoms with Crippen molar-refractivity contribution in [1.82, 2.24) is 30.4 Å². The molecule has 0 spiro atoms. The minimum absolute atomic E-state index is 0.622. The Morgan fingerprint density at radius 3 is 2.71 bits per heavy atom. The predicted octanol–water partition coefficient (Wildman–Crippen LogP) is 1.24. The molecule has 0 saturated carbocycles. The summed E-state index contributed by atoms with van der Waals surface area (Å²) in [5.41, 5.74) is 1.01. The van der Waals surface area contributed by atoms with Gasteiger partial charge in [-0.2, -0.15) is 4.68 Å². The van der Waals surface area contributed by atoms with Crippen LogP contribution in [0.25, 0.3) is 5.69 Å². The van der Waals surface area contributed by atoms with Crippen molar-refractivity contribution in [2.75, 3.05) is 19.6 Å². The molecule has 1 saturated heterocycles. The minimum Gasteiger partial charge on any atom is -0.317 e. The lowest BCUT2D eigenvalue weighted by Gasteiger charge is -2.33. The Hall–Kier alpha value is -1.79. The van der Waals surface area contributed by atoms with Crippen molar-refractivity contribution in [3.8, 4) is 5.69 Å². The molecule has 2 heterocycles. The van der Waals surface area contributed by atoms with Gasteiger partial charge in [0.05, 0.1) is 12.2 Å². The van der Waals surface area contributed by atoms with Crippen molar-refractivity contribution < 1.29 is 0 Å². The first kappa shape index (κ1) is 14.2. The second kappa shape index (κ2) is 6.78. The standard InChI is InChI=1S/C15H22N6/c1-2-20(13-8-10-16-11-9-13)12-15-17-18-19-21(15)14-6-4-3-5-7-14/h3-7,13,16H,2,8-12H2,1H3. The Kier molecular flexibility index (Phi) is 4.57. The number of benzene rings is 1. The summed E-state index contributed by atoms with van der Waals surface area (Å²) in [6.45, 7) is 6.23. The van der Waals surface area contributed by atoms with Gasteiger partial charge >= 0.3 is 0 Å². The zero-order valence-electron chi connectivity index (χ0n) is 12.4. The van der Waals surface area contributed by atoms with Crippen LogP contribution in [-0.2, 0) is 6.54 Å². The average molecular weight is 286 g/mol. The molecule has 6 heteroatoms. The van der Waals surface area contributed by atoms with Gasteiger partial charge in [-0.3, -0.25) is 4.90 Å². The molecule has 0 radical (unpaired) electrons. The Balaban J connectivity index is 1.76. The van der Waals surface area contributed by atoms with Gasteiger partial charge in [0.25, 0.3) is 0 Å². The van der Waals surface area contributed by atoms with E-state index in [1.54, 1.807) is 0 Å². The van der Waals surface area contributed by atoms with Crippen molar-refractivity contribution in [2.24, 2.45) is 0 Å². The maximum absolute atomic E-state index is 4.22. The zero-order chi connectivity index (χ0) is 14.5. The number of hydrogen-bond acceptors (Lipinski definition) is 5. The first-order valence-corrected chi connectivity index (χ1v) is 7.66. The molecule has 1 fully saturated rings. The second-order valence-electron chi connectivity index (χ2n) is 5.39. The van der Waals surface area contributed by atoms with E-state index in [1.807, 2.05) is 35.0 Å². The molecule has 112 valence electrons. The monoisotopic (exact) mass is 286 g/mol. The van der Waals surface area contributed by atoms with Crippen LogP contribution in [0.15, 0.2) is 30.3 Å². The molecule has 1 aromatic carbocycles. The number of rotatable bonds is 5. The normalized spacial score (nSPS) is 16.5. The van der Waals surface area contributed by atoms with Crippen LogP contribution in [0.5, 0.6) is 0 Å². The molecule has 1 aromatic heterocycles. The van der Waals surface area contributed by atoms with Gasteiger partial charge in [0.1, 0.15) is 0 Å². The number of para-hydroxylation sites is 1. The van der Waals surface area contributed by atoms with Crippen molar-refractivity contribution in [3.05, 3.63) is 36.2 Å². The lowest BCUT2D eigenvalue weighted by molar-refractivity contribution is 0.157. The van der Waals surface area contributed by atoms with Crippen molar-refractivity contribution in [1.29, 1.82) is 0 Å². The smallest absolute Gasteiger partial charge is 0.170 e. The number of aromatic nitrogens is 4. The van der Waals surface area contributed by atoms with Gasteiger partial charge in [-0.1, -0.05) is 25.1 Å². The summed E-state index contributed by atoms with van der Waals surface area (Å²) in [5.74, 6) is 0.904. The number of nitrogens with one attached hydrogen (secondary N) is 1. The van der Waals surface area contributed by atoms with E-state index in [0.717, 1.165) is 37.7 Å². The van der Waals surface area contributed by atoms with Crippen LogP contribution in [0.2, 0.25) is 0 Å². The van der Waals surface area contributed by atoms with Crippen LogP contribution < -0.4 is 5.32 Å². The van der Waals surface area contributed by atoms with E-state index < -0.39 is 0 Å². The number of tetrazole rings is 1. The molecule has 1 N–H and O–H groups in total. The van der Waals surface area contributed by atoms with Crippen LogP contribution in [-0.4, -0.2) is 50.8 Å².